The van der Waals surface area contributed by atoms with Gasteiger partial charge in [0.25, 0.3) is 0 Å². The number of nitrogens with one attached hydrogen (secondary N) is 1. The standard InChI is InChI=1S/C29H32N4O2/c1-33(2)27-25-9-5-6-10-26(25)31-29(32-27)30-24-15-13-22(14-16-24)28(34)35-18-17-20-11-12-21-7-3-4-8-23(21)19-20/h3-12,19,22,24H,13-18H2,1-2H3,(H,30,31,32). The maximum absolute atomic E-state index is 12.7. The number of nitrogens with zero attached hydrogens (tertiary/aromatic N) is 3. The van der Waals surface area contributed by atoms with Gasteiger partial charge in [0.2, 0.25) is 5.95 Å². The molecule has 0 atom stereocenters. The molecule has 6 nitrogen and oxygen atoms in total. The Kier molecular flexibility index (Phi) is 6.80. The van der Waals surface area contributed by atoms with Gasteiger partial charge in [0.05, 0.1) is 18.0 Å². The Labute approximate surface area is 206 Å². The maximum atomic E-state index is 12.7. The molecule has 0 spiro atoms. The summed E-state index contributed by atoms with van der Waals surface area (Å²) < 4.78 is 5.65. The second-order valence-electron chi connectivity index (χ2n) is 9.57. The normalized spacial score (nSPS) is 17.9. The second-order valence-corrected chi connectivity index (χ2v) is 9.57. The van der Waals surface area contributed by atoms with Crippen LogP contribution in [0, 0.1) is 5.92 Å². The van der Waals surface area contributed by atoms with E-state index in [2.05, 4.69) is 35.6 Å². The summed E-state index contributed by atoms with van der Waals surface area (Å²) >= 11 is 0. The number of para-hydroxylation sites is 1. The minimum atomic E-state index is -0.0684. The fourth-order valence-electron chi connectivity index (χ4n) is 4.90. The zero-order valence-electron chi connectivity index (χ0n) is 20.4. The van der Waals surface area contributed by atoms with E-state index in [1.807, 2.05) is 55.4 Å². The number of ether oxygens (including phenoxy) is 1. The molecule has 5 rings (SSSR count). The van der Waals surface area contributed by atoms with Gasteiger partial charge in [0.1, 0.15) is 5.82 Å². The van der Waals surface area contributed by atoms with E-state index in [1.54, 1.807) is 0 Å². The van der Waals surface area contributed by atoms with Crippen molar-refractivity contribution in [3.8, 4) is 0 Å². The molecule has 180 valence electrons. The molecule has 0 aliphatic heterocycles. The highest BCUT2D eigenvalue weighted by Crippen LogP contribution is 2.29. The number of aromatic nitrogens is 2. The van der Waals surface area contributed by atoms with Crippen LogP contribution >= 0.6 is 0 Å². The molecule has 0 saturated heterocycles. The van der Waals surface area contributed by atoms with Crippen LogP contribution in [0.1, 0.15) is 31.2 Å². The molecule has 1 N–H and O–H groups in total. The minimum absolute atomic E-state index is 0.0282. The van der Waals surface area contributed by atoms with Crippen molar-refractivity contribution in [2.45, 2.75) is 38.1 Å². The van der Waals surface area contributed by atoms with Crippen molar-refractivity contribution in [2.75, 3.05) is 30.9 Å². The fourth-order valence-corrected chi connectivity index (χ4v) is 4.90. The fraction of sp³-hybridized carbons (Fsp3) is 0.345. The van der Waals surface area contributed by atoms with Gasteiger partial charge in [-0.2, -0.15) is 4.98 Å². The summed E-state index contributed by atoms with van der Waals surface area (Å²) in [5, 5.41) is 6.99. The summed E-state index contributed by atoms with van der Waals surface area (Å²) in [5.74, 6) is 1.45. The molecule has 1 aliphatic rings. The molecule has 1 heterocycles. The monoisotopic (exact) mass is 468 g/mol. The molecule has 35 heavy (non-hydrogen) atoms. The van der Waals surface area contributed by atoms with Crippen molar-refractivity contribution in [2.24, 2.45) is 5.92 Å². The molecule has 0 unspecified atom stereocenters. The first-order chi connectivity index (χ1) is 17.1. The van der Waals surface area contributed by atoms with Crippen molar-refractivity contribution in [1.82, 2.24) is 9.97 Å². The Morgan fingerprint density at radius 2 is 1.69 bits per heavy atom. The van der Waals surface area contributed by atoms with Crippen molar-refractivity contribution in [3.63, 3.8) is 0 Å². The molecule has 1 aromatic heterocycles. The molecule has 1 fully saturated rings. The number of rotatable bonds is 7. The van der Waals surface area contributed by atoms with E-state index in [1.165, 1.54) is 16.3 Å². The van der Waals surface area contributed by atoms with Gasteiger partial charge in [0.15, 0.2) is 0 Å². The van der Waals surface area contributed by atoms with E-state index in [0.29, 0.717) is 12.6 Å². The predicted molar refractivity (Wildman–Crippen MR) is 142 cm³/mol. The Morgan fingerprint density at radius 1 is 0.943 bits per heavy atom. The number of benzene rings is 3. The Hall–Kier alpha value is -3.67. The molecule has 3 aromatic carbocycles. The number of hydrogen-bond donors (Lipinski definition) is 1. The highest BCUT2D eigenvalue weighted by Gasteiger charge is 2.28. The largest absolute Gasteiger partial charge is 0.465 e. The maximum Gasteiger partial charge on any atom is 0.308 e. The highest BCUT2D eigenvalue weighted by atomic mass is 16.5. The lowest BCUT2D eigenvalue weighted by atomic mass is 9.86. The second kappa shape index (κ2) is 10.3. The summed E-state index contributed by atoms with van der Waals surface area (Å²) in [7, 11) is 3.99. The summed E-state index contributed by atoms with van der Waals surface area (Å²) in [6.45, 7) is 0.424. The molecule has 0 radical (unpaired) electrons. The van der Waals surface area contributed by atoms with E-state index in [-0.39, 0.29) is 17.9 Å². The highest BCUT2D eigenvalue weighted by molar-refractivity contribution is 5.90. The average molecular weight is 469 g/mol. The first-order valence-electron chi connectivity index (χ1n) is 12.4. The zero-order valence-corrected chi connectivity index (χ0v) is 20.4. The van der Waals surface area contributed by atoms with E-state index in [4.69, 9.17) is 14.7 Å². The van der Waals surface area contributed by atoms with Crippen LogP contribution in [0.3, 0.4) is 0 Å². The summed E-state index contributed by atoms with van der Waals surface area (Å²) in [6.07, 6.45) is 4.18. The van der Waals surface area contributed by atoms with Gasteiger partial charge in [-0.25, -0.2) is 4.98 Å². The molecular formula is C29H32N4O2. The van der Waals surface area contributed by atoms with E-state index in [9.17, 15) is 4.79 Å². The number of carbonyl (C=O) groups excluding carboxylic acids is 1. The smallest absolute Gasteiger partial charge is 0.308 e. The molecule has 0 bridgehead atoms. The third kappa shape index (κ3) is 5.37. The molecular weight excluding hydrogens is 436 g/mol. The SMILES string of the molecule is CN(C)c1nc(NC2CCC(C(=O)OCCc3ccc4ccccc4c3)CC2)nc2ccccc12. The quantitative estimate of drug-likeness (QED) is 0.356. The topological polar surface area (TPSA) is 67.4 Å². The molecule has 1 saturated carbocycles. The molecule has 0 amide bonds. The van der Waals surface area contributed by atoms with E-state index < -0.39 is 0 Å². The van der Waals surface area contributed by atoms with Crippen LogP contribution in [-0.4, -0.2) is 42.7 Å². The Balaban J connectivity index is 1.12. The number of esters is 1. The number of carbonyl (C=O) groups is 1. The molecule has 6 heteroatoms. The first-order valence-corrected chi connectivity index (χ1v) is 12.4. The van der Waals surface area contributed by atoms with Crippen LogP contribution in [0.2, 0.25) is 0 Å². The van der Waals surface area contributed by atoms with Crippen molar-refractivity contribution in [3.05, 3.63) is 72.3 Å². The average Bonchev–Trinajstić information content (AvgIpc) is 2.88. The summed E-state index contributed by atoms with van der Waals surface area (Å²) in [4.78, 5) is 24.1. The van der Waals surface area contributed by atoms with Gasteiger partial charge < -0.3 is 15.0 Å². The van der Waals surface area contributed by atoms with Gasteiger partial charge >= 0.3 is 5.97 Å². The Bertz CT molecular complexity index is 1330. The molecule has 1 aliphatic carbocycles. The third-order valence-electron chi connectivity index (χ3n) is 6.85. The molecule has 4 aromatic rings. The number of hydrogen-bond acceptors (Lipinski definition) is 6. The summed E-state index contributed by atoms with van der Waals surface area (Å²) in [6, 6.07) is 23.1. The van der Waals surface area contributed by atoms with Crippen molar-refractivity contribution in [1.29, 1.82) is 0 Å². The lowest BCUT2D eigenvalue weighted by Crippen LogP contribution is -2.31. The Morgan fingerprint density at radius 3 is 2.49 bits per heavy atom. The van der Waals surface area contributed by atoms with Gasteiger partial charge in [0, 0.05) is 31.9 Å². The minimum Gasteiger partial charge on any atom is -0.465 e. The zero-order chi connectivity index (χ0) is 24.2. The van der Waals surface area contributed by atoms with Crippen molar-refractivity contribution >= 4 is 39.4 Å². The van der Waals surface area contributed by atoms with Gasteiger partial charge in [-0.05, 0) is 54.2 Å². The number of fused-ring (bicyclic) bond motifs is 2. The van der Waals surface area contributed by atoms with Crippen LogP contribution in [-0.2, 0) is 16.0 Å². The van der Waals surface area contributed by atoms with Gasteiger partial charge in [-0.15, -0.1) is 0 Å². The first kappa shape index (κ1) is 23.1. The van der Waals surface area contributed by atoms with E-state index >= 15 is 0 Å². The lowest BCUT2D eigenvalue weighted by Gasteiger charge is -2.28. The van der Waals surface area contributed by atoms with Crippen LogP contribution < -0.4 is 10.2 Å². The predicted octanol–water partition coefficient (Wildman–Crippen LogP) is 5.61. The van der Waals surface area contributed by atoms with Crippen LogP contribution in [0.15, 0.2) is 66.7 Å². The van der Waals surface area contributed by atoms with E-state index in [0.717, 1.165) is 48.8 Å². The number of anilines is 2. The summed E-state index contributed by atoms with van der Waals surface area (Å²) in [5.41, 5.74) is 2.12. The van der Waals surface area contributed by atoms with Crippen LogP contribution in [0.5, 0.6) is 0 Å². The third-order valence-corrected chi connectivity index (χ3v) is 6.85. The van der Waals surface area contributed by atoms with Crippen molar-refractivity contribution < 1.29 is 9.53 Å². The lowest BCUT2D eigenvalue weighted by molar-refractivity contribution is -0.149. The van der Waals surface area contributed by atoms with Gasteiger partial charge in [-0.3, -0.25) is 4.79 Å². The van der Waals surface area contributed by atoms with Gasteiger partial charge in [-0.1, -0.05) is 54.6 Å². The van der Waals surface area contributed by atoms with Crippen LogP contribution in [0.4, 0.5) is 11.8 Å². The van der Waals surface area contributed by atoms with Crippen LogP contribution in [0.25, 0.3) is 21.7 Å².